The number of thioether (sulfide) groups is 1. The van der Waals surface area contributed by atoms with Gasteiger partial charge in [0.2, 0.25) is 0 Å². The van der Waals surface area contributed by atoms with Gasteiger partial charge in [0.15, 0.2) is 5.76 Å². The van der Waals surface area contributed by atoms with E-state index in [1.807, 2.05) is 24.3 Å². The molecule has 6 nitrogen and oxygen atoms in total. The second-order valence-electron chi connectivity index (χ2n) is 8.25. The molecule has 10 heteroatoms. The van der Waals surface area contributed by atoms with Crippen molar-refractivity contribution in [3.8, 4) is 5.75 Å². The molecule has 0 N–H and O–H groups in total. The Labute approximate surface area is 211 Å². The second-order valence-corrected chi connectivity index (χ2v) is 9.25. The van der Waals surface area contributed by atoms with Gasteiger partial charge in [-0.25, -0.2) is 4.98 Å². The predicted octanol–water partition coefficient (Wildman–Crippen LogP) is 5.51. The van der Waals surface area contributed by atoms with Crippen LogP contribution in [0.2, 0.25) is 0 Å². The van der Waals surface area contributed by atoms with Crippen LogP contribution in [0.15, 0.2) is 76.8 Å². The van der Waals surface area contributed by atoms with Gasteiger partial charge in [0, 0.05) is 38.9 Å². The molecule has 36 heavy (non-hydrogen) atoms. The number of amides is 1. The van der Waals surface area contributed by atoms with E-state index in [9.17, 15) is 18.0 Å². The van der Waals surface area contributed by atoms with Crippen molar-refractivity contribution >= 4 is 17.7 Å². The van der Waals surface area contributed by atoms with Crippen LogP contribution < -0.4 is 4.74 Å². The van der Waals surface area contributed by atoms with Crippen molar-refractivity contribution in [2.75, 3.05) is 32.8 Å². The number of ether oxygens (including phenoxy) is 1. The Bertz CT molecular complexity index is 1160. The number of rotatable bonds is 9. The van der Waals surface area contributed by atoms with Gasteiger partial charge in [-0.1, -0.05) is 36.5 Å². The van der Waals surface area contributed by atoms with Gasteiger partial charge in [-0.2, -0.15) is 13.2 Å². The molecule has 1 aliphatic heterocycles. The number of pyridine rings is 1. The molecule has 3 aromatic rings. The Balaban J connectivity index is 1.23. The van der Waals surface area contributed by atoms with Crippen molar-refractivity contribution in [2.24, 2.45) is 0 Å². The molecule has 4 rings (SSSR count). The summed E-state index contributed by atoms with van der Waals surface area (Å²) < 4.78 is 49.2. The Hall–Kier alpha value is -3.24. The smallest absolute Gasteiger partial charge is 0.417 e. The molecule has 190 valence electrons. The van der Waals surface area contributed by atoms with Gasteiger partial charge in [-0.15, -0.1) is 0 Å². The third-order valence-corrected chi connectivity index (χ3v) is 6.62. The summed E-state index contributed by atoms with van der Waals surface area (Å²) in [5, 5.41) is 0.447. The van der Waals surface area contributed by atoms with Crippen LogP contribution in [0.1, 0.15) is 27.4 Å². The SMILES string of the molecule is C=CCOc1ccc(CN2CCN(C(=O)c3ccc(CSc4ccc(C(F)(F)F)cn4)o3)CC2)cc1. The molecular weight excluding hydrogens is 491 g/mol. The van der Waals surface area contributed by atoms with Crippen molar-refractivity contribution < 1.29 is 27.1 Å². The zero-order valence-electron chi connectivity index (χ0n) is 19.5. The van der Waals surface area contributed by atoms with Crippen LogP contribution in [0.5, 0.6) is 5.75 Å². The number of carbonyl (C=O) groups excluding carboxylic acids is 1. The van der Waals surface area contributed by atoms with Crippen LogP contribution in [0.4, 0.5) is 13.2 Å². The topological polar surface area (TPSA) is 58.8 Å². The normalized spacial score (nSPS) is 14.6. The summed E-state index contributed by atoms with van der Waals surface area (Å²) in [5.74, 6) is 1.82. The fourth-order valence-corrected chi connectivity index (χ4v) is 4.46. The number of benzene rings is 1. The number of halogens is 3. The van der Waals surface area contributed by atoms with E-state index >= 15 is 0 Å². The minimum atomic E-state index is -4.41. The lowest BCUT2D eigenvalue weighted by atomic mass is 10.2. The van der Waals surface area contributed by atoms with Crippen LogP contribution in [0.3, 0.4) is 0 Å². The minimum Gasteiger partial charge on any atom is -0.490 e. The molecule has 0 spiro atoms. The molecule has 0 saturated carbocycles. The van der Waals surface area contributed by atoms with Crippen LogP contribution in [-0.2, 0) is 18.5 Å². The lowest BCUT2D eigenvalue weighted by Crippen LogP contribution is -2.48. The zero-order chi connectivity index (χ0) is 25.5. The number of furan rings is 1. The second kappa shape index (κ2) is 11.7. The molecule has 1 fully saturated rings. The quantitative estimate of drug-likeness (QED) is 0.276. The Morgan fingerprint density at radius 3 is 2.47 bits per heavy atom. The summed E-state index contributed by atoms with van der Waals surface area (Å²) in [6.45, 7) is 7.61. The number of hydrogen-bond acceptors (Lipinski definition) is 6. The highest BCUT2D eigenvalue weighted by molar-refractivity contribution is 7.98. The molecule has 1 aromatic carbocycles. The molecule has 1 saturated heterocycles. The lowest BCUT2D eigenvalue weighted by molar-refractivity contribution is -0.137. The van der Waals surface area contributed by atoms with E-state index in [-0.39, 0.29) is 11.7 Å². The number of carbonyl (C=O) groups is 1. The summed E-state index contributed by atoms with van der Waals surface area (Å²) >= 11 is 1.24. The first-order valence-electron chi connectivity index (χ1n) is 11.4. The first kappa shape index (κ1) is 25.8. The van der Waals surface area contributed by atoms with Crippen LogP contribution in [0.25, 0.3) is 0 Å². The Morgan fingerprint density at radius 1 is 1.08 bits per heavy atom. The van der Waals surface area contributed by atoms with E-state index in [0.29, 0.717) is 36.2 Å². The summed E-state index contributed by atoms with van der Waals surface area (Å²) in [7, 11) is 0. The highest BCUT2D eigenvalue weighted by atomic mass is 32.2. The van der Waals surface area contributed by atoms with Crippen molar-refractivity contribution in [3.05, 3.63) is 90.0 Å². The maximum atomic E-state index is 12.9. The number of hydrogen-bond donors (Lipinski definition) is 0. The average molecular weight is 518 g/mol. The van der Waals surface area contributed by atoms with E-state index in [2.05, 4.69) is 16.5 Å². The summed E-state index contributed by atoms with van der Waals surface area (Å²) in [4.78, 5) is 20.8. The summed E-state index contributed by atoms with van der Waals surface area (Å²) in [6, 6.07) is 13.6. The van der Waals surface area contributed by atoms with Gasteiger partial charge in [0.05, 0.1) is 16.3 Å². The monoisotopic (exact) mass is 517 g/mol. The molecule has 3 heterocycles. The van der Waals surface area contributed by atoms with Gasteiger partial charge in [-0.05, 0) is 42.0 Å². The van der Waals surface area contributed by atoms with Crippen molar-refractivity contribution in [1.29, 1.82) is 0 Å². The maximum absolute atomic E-state index is 12.9. The molecule has 2 aromatic heterocycles. The molecule has 0 atom stereocenters. The van der Waals surface area contributed by atoms with Gasteiger partial charge in [-0.3, -0.25) is 9.69 Å². The zero-order valence-corrected chi connectivity index (χ0v) is 20.4. The van der Waals surface area contributed by atoms with E-state index in [1.54, 1.807) is 23.1 Å². The Kier molecular flexibility index (Phi) is 8.37. The van der Waals surface area contributed by atoms with Gasteiger partial charge >= 0.3 is 6.18 Å². The fraction of sp³-hybridized carbons (Fsp3) is 0.308. The van der Waals surface area contributed by atoms with Crippen molar-refractivity contribution in [2.45, 2.75) is 23.5 Å². The largest absolute Gasteiger partial charge is 0.490 e. The van der Waals surface area contributed by atoms with Crippen LogP contribution in [-0.4, -0.2) is 53.5 Å². The molecule has 1 amide bonds. The van der Waals surface area contributed by atoms with Crippen LogP contribution in [0, 0.1) is 0 Å². The number of alkyl halides is 3. The lowest BCUT2D eigenvalue weighted by Gasteiger charge is -2.34. The first-order chi connectivity index (χ1) is 17.3. The highest BCUT2D eigenvalue weighted by Gasteiger charge is 2.30. The maximum Gasteiger partial charge on any atom is 0.417 e. The molecule has 0 bridgehead atoms. The van der Waals surface area contributed by atoms with E-state index in [1.165, 1.54) is 23.4 Å². The Morgan fingerprint density at radius 2 is 1.83 bits per heavy atom. The highest BCUT2D eigenvalue weighted by Crippen LogP contribution is 2.30. The average Bonchev–Trinajstić information content (AvgIpc) is 3.36. The molecule has 0 radical (unpaired) electrons. The van der Waals surface area contributed by atoms with Gasteiger partial charge < -0.3 is 14.1 Å². The minimum absolute atomic E-state index is 0.165. The van der Waals surface area contributed by atoms with E-state index in [0.717, 1.165) is 37.6 Å². The van der Waals surface area contributed by atoms with Gasteiger partial charge in [0.25, 0.3) is 5.91 Å². The van der Waals surface area contributed by atoms with E-state index < -0.39 is 11.7 Å². The van der Waals surface area contributed by atoms with Crippen LogP contribution >= 0.6 is 11.8 Å². The summed E-state index contributed by atoms with van der Waals surface area (Å²) in [5.41, 5.74) is 0.390. The summed E-state index contributed by atoms with van der Waals surface area (Å²) in [6.07, 6.45) is -1.89. The fourth-order valence-electron chi connectivity index (χ4n) is 3.72. The molecular formula is C26H26F3N3O3S. The number of nitrogens with zero attached hydrogens (tertiary/aromatic N) is 3. The molecule has 1 aliphatic rings. The van der Waals surface area contributed by atoms with Crippen molar-refractivity contribution in [3.63, 3.8) is 0 Å². The third kappa shape index (κ3) is 6.92. The molecule has 0 unspecified atom stereocenters. The number of piperazine rings is 1. The predicted molar refractivity (Wildman–Crippen MR) is 131 cm³/mol. The standard InChI is InChI=1S/C26H26F3N3O3S/c1-2-15-34-21-6-3-19(4-7-21)17-31-11-13-32(14-12-31)25(33)23-9-8-22(35-23)18-36-24-10-5-20(16-30-24)26(27,28)29/h2-10,16H,1,11-15,17-18H2. The number of aromatic nitrogens is 1. The van der Waals surface area contributed by atoms with E-state index in [4.69, 9.17) is 9.15 Å². The van der Waals surface area contributed by atoms with Crippen molar-refractivity contribution in [1.82, 2.24) is 14.8 Å². The van der Waals surface area contributed by atoms with Gasteiger partial charge in [0.1, 0.15) is 18.1 Å². The third-order valence-electron chi connectivity index (χ3n) is 5.66. The first-order valence-corrected chi connectivity index (χ1v) is 12.4. The molecule has 0 aliphatic carbocycles.